The van der Waals surface area contributed by atoms with Gasteiger partial charge in [0.15, 0.2) is 6.61 Å². The van der Waals surface area contributed by atoms with E-state index in [9.17, 15) is 14.4 Å². The van der Waals surface area contributed by atoms with Crippen LogP contribution in [-0.4, -0.2) is 35.6 Å². The van der Waals surface area contributed by atoms with E-state index < -0.39 is 11.9 Å². The Morgan fingerprint density at radius 2 is 1.73 bits per heavy atom. The van der Waals surface area contributed by atoms with Gasteiger partial charge in [-0.15, -0.1) is 0 Å². The molecule has 0 saturated heterocycles. The van der Waals surface area contributed by atoms with Gasteiger partial charge in [0.05, 0.1) is 12.8 Å². The first kappa shape index (κ1) is 31.1. The van der Waals surface area contributed by atoms with Gasteiger partial charge in [-0.3, -0.25) is 14.4 Å². The van der Waals surface area contributed by atoms with Gasteiger partial charge in [0.1, 0.15) is 0 Å². The van der Waals surface area contributed by atoms with Gasteiger partial charge in [-0.25, -0.2) is 0 Å². The molecule has 1 amide bonds. The highest BCUT2D eigenvalue weighted by Gasteiger charge is 2.63. The minimum Gasteiger partial charge on any atom is -0.481 e. The number of rotatable bonds is 11. The molecule has 0 radical (unpaired) electrons. The third-order valence-corrected chi connectivity index (χ3v) is 12.1. The summed E-state index contributed by atoms with van der Waals surface area (Å²) in [5.41, 5.74) is 2.51. The minimum atomic E-state index is -1.05. The number of ether oxygens (including phenoxy) is 1. The van der Waals surface area contributed by atoms with Crippen LogP contribution in [0, 0.1) is 45.8 Å². The lowest BCUT2D eigenvalue weighted by Gasteiger charge is -2.63. The van der Waals surface area contributed by atoms with Crippen LogP contribution < -0.4 is 5.32 Å². The lowest BCUT2D eigenvalue weighted by atomic mass is 9.41. The standard InChI is InChI=1S/C34H55NO5/c1-22(2)8-7-9-23(3)26-10-11-27-33(26,5)19-16-28-32(4)18-15-25(20-24(32)14-17-34(27,28)6)35-29(36)21-40-31(39)13-12-30(37)38/h14,22-23,25-28H,7-13,15-21H2,1-6H3,(H,35,36)(H,37,38)/t23-,25+,26?,27-,28-,32+,33-,34+/m1/s1. The topological polar surface area (TPSA) is 92.7 Å². The molecule has 3 saturated carbocycles. The molecule has 0 bridgehead atoms. The summed E-state index contributed by atoms with van der Waals surface area (Å²) >= 11 is 0. The molecule has 8 atom stereocenters. The van der Waals surface area contributed by atoms with Crippen molar-refractivity contribution in [2.45, 2.75) is 131 Å². The van der Waals surface area contributed by atoms with Crippen molar-refractivity contribution in [1.82, 2.24) is 5.32 Å². The Morgan fingerprint density at radius 3 is 2.42 bits per heavy atom. The van der Waals surface area contributed by atoms with Crippen molar-refractivity contribution in [1.29, 1.82) is 0 Å². The number of esters is 1. The summed E-state index contributed by atoms with van der Waals surface area (Å²) in [7, 11) is 0. The number of allylic oxidation sites excluding steroid dienone is 1. The average Bonchev–Trinajstić information content (AvgIpc) is 3.24. The van der Waals surface area contributed by atoms with E-state index in [4.69, 9.17) is 9.84 Å². The summed E-state index contributed by atoms with van der Waals surface area (Å²) in [6.07, 6.45) is 15.6. The fourth-order valence-electron chi connectivity index (χ4n) is 10.2. The van der Waals surface area contributed by atoms with Gasteiger partial charge in [0.2, 0.25) is 0 Å². The van der Waals surface area contributed by atoms with Crippen molar-refractivity contribution in [3.63, 3.8) is 0 Å². The zero-order valence-electron chi connectivity index (χ0n) is 26.0. The monoisotopic (exact) mass is 557 g/mol. The van der Waals surface area contributed by atoms with E-state index in [-0.39, 0.29) is 36.8 Å². The Hall–Kier alpha value is -1.85. The van der Waals surface area contributed by atoms with Crippen LogP contribution in [0.5, 0.6) is 0 Å². The zero-order valence-corrected chi connectivity index (χ0v) is 26.0. The fraction of sp³-hybridized carbons (Fsp3) is 0.853. The van der Waals surface area contributed by atoms with Crippen LogP contribution in [-0.2, 0) is 19.1 Å². The van der Waals surface area contributed by atoms with Crippen molar-refractivity contribution < 1.29 is 24.2 Å². The summed E-state index contributed by atoms with van der Waals surface area (Å²) in [6.45, 7) is 14.7. The number of carboxylic acids is 1. The third-order valence-electron chi connectivity index (χ3n) is 12.1. The number of carbonyl (C=O) groups is 3. The van der Waals surface area contributed by atoms with Crippen molar-refractivity contribution in [3.05, 3.63) is 11.6 Å². The minimum absolute atomic E-state index is 0.0605. The third kappa shape index (κ3) is 6.16. The van der Waals surface area contributed by atoms with Crippen LogP contribution in [0.2, 0.25) is 0 Å². The van der Waals surface area contributed by atoms with Gasteiger partial charge >= 0.3 is 11.9 Å². The van der Waals surface area contributed by atoms with Crippen LogP contribution in [0.4, 0.5) is 0 Å². The normalized spacial score (nSPS) is 37.5. The van der Waals surface area contributed by atoms with E-state index in [2.05, 4.69) is 52.9 Å². The molecule has 4 rings (SSSR count). The van der Waals surface area contributed by atoms with Gasteiger partial charge < -0.3 is 15.2 Å². The Labute approximate surface area is 242 Å². The average molecular weight is 558 g/mol. The zero-order chi connectivity index (χ0) is 29.3. The molecule has 0 spiro atoms. The number of aliphatic carboxylic acids is 1. The van der Waals surface area contributed by atoms with Crippen molar-refractivity contribution in [2.75, 3.05) is 6.61 Å². The molecule has 3 fully saturated rings. The number of carbonyl (C=O) groups excluding carboxylic acids is 2. The molecule has 4 aliphatic carbocycles. The van der Waals surface area contributed by atoms with Crippen LogP contribution in [0.15, 0.2) is 11.6 Å². The molecule has 2 N–H and O–H groups in total. The molecule has 226 valence electrons. The SMILES string of the molecule is CC(C)CCC[C@@H](C)C1CC[C@H]2[C@]3(C)CC=C4C[C@@H](NC(=O)COC(=O)CCC(=O)O)CC[C@]4(C)[C@H]3CC[C@]12C. The molecule has 0 aliphatic heterocycles. The number of fused-ring (bicyclic) bond motifs is 5. The Balaban J connectivity index is 1.37. The number of carboxylic acid groups (broad SMARTS) is 1. The molecule has 0 heterocycles. The quantitative estimate of drug-likeness (QED) is 0.205. The number of nitrogens with one attached hydrogen (secondary N) is 1. The highest BCUT2D eigenvalue weighted by atomic mass is 16.5. The Bertz CT molecular complexity index is 989. The number of hydrogen-bond acceptors (Lipinski definition) is 4. The first-order valence-corrected chi connectivity index (χ1v) is 16.2. The number of amides is 1. The van der Waals surface area contributed by atoms with Crippen LogP contribution in [0.3, 0.4) is 0 Å². The predicted molar refractivity (Wildman–Crippen MR) is 157 cm³/mol. The molecule has 6 nitrogen and oxygen atoms in total. The molecule has 40 heavy (non-hydrogen) atoms. The van der Waals surface area contributed by atoms with Gasteiger partial charge in [-0.2, -0.15) is 0 Å². The van der Waals surface area contributed by atoms with Gasteiger partial charge in [-0.1, -0.05) is 72.5 Å². The molecule has 4 aliphatic rings. The van der Waals surface area contributed by atoms with Crippen LogP contribution >= 0.6 is 0 Å². The second-order valence-corrected chi connectivity index (χ2v) is 15.1. The van der Waals surface area contributed by atoms with E-state index in [0.29, 0.717) is 16.7 Å². The molecular weight excluding hydrogens is 502 g/mol. The molecule has 0 aromatic rings. The maximum atomic E-state index is 12.5. The molecule has 1 unspecified atom stereocenters. The molecule has 6 heteroatoms. The van der Waals surface area contributed by atoms with Crippen LogP contribution in [0.1, 0.15) is 125 Å². The Morgan fingerprint density at radius 1 is 0.975 bits per heavy atom. The second kappa shape index (κ2) is 12.2. The first-order valence-electron chi connectivity index (χ1n) is 16.2. The molecular formula is C34H55NO5. The highest BCUT2D eigenvalue weighted by molar-refractivity contribution is 5.82. The van der Waals surface area contributed by atoms with E-state index in [1.54, 1.807) is 0 Å². The summed E-state index contributed by atoms with van der Waals surface area (Å²) in [6, 6.07) is 0.0605. The second-order valence-electron chi connectivity index (χ2n) is 15.1. The predicted octanol–water partition coefficient (Wildman–Crippen LogP) is 7.31. The van der Waals surface area contributed by atoms with Crippen LogP contribution in [0.25, 0.3) is 0 Å². The van der Waals surface area contributed by atoms with E-state index >= 15 is 0 Å². The van der Waals surface area contributed by atoms with Crippen molar-refractivity contribution >= 4 is 17.8 Å². The highest BCUT2D eigenvalue weighted by Crippen LogP contribution is 2.71. The summed E-state index contributed by atoms with van der Waals surface area (Å²) in [5.74, 6) is 1.95. The van der Waals surface area contributed by atoms with Gasteiger partial charge in [0.25, 0.3) is 5.91 Å². The first-order chi connectivity index (χ1) is 18.8. The smallest absolute Gasteiger partial charge is 0.306 e. The van der Waals surface area contributed by atoms with Gasteiger partial charge in [0, 0.05) is 6.04 Å². The molecule has 0 aromatic heterocycles. The summed E-state index contributed by atoms with van der Waals surface area (Å²) in [4.78, 5) is 34.8. The van der Waals surface area contributed by atoms with E-state index in [0.717, 1.165) is 49.4 Å². The van der Waals surface area contributed by atoms with Crippen molar-refractivity contribution in [2.24, 2.45) is 45.8 Å². The van der Waals surface area contributed by atoms with E-state index in [1.165, 1.54) is 50.5 Å². The number of hydrogen-bond donors (Lipinski definition) is 2. The lowest BCUT2D eigenvalue weighted by molar-refractivity contribution is -0.151. The maximum Gasteiger partial charge on any atom is 0.306 e. The fourth-order valence-corrected chi connectivity index (χ4v) is 10.2. The van der Waals surface area contributed by atoms with E-state index in [1.807, 2.05) is 0 Å². The largest absolute Gasteiger partial charge is 0.481 e. The maximum absolute atomic E-state index is 12.5. The summed E-state index contributed by atoms with van der Waals surface area (Å²) < 4.78 is 4.98. The Kier molecular flexibility index (Phi) is 9.46. The molecule has 0 aromatic carbocycles. The van der Waals surface area contributed by atoms with Gasteiger partial charge in [-0.05, 0) is 97.2 Å². The summed E-state index contributed by atoms with van der Waals surface area (Å²) in [5, 5.41) is 11.8. The lowest BCUT2D eigenvalue weighted by Crippen LogP contribution is -2.57. The van der Waals surface area contributed by atoms with Crippen molar-refractivity contribution in [3.8, 4) is 0 Å².